The summed E-state index contributed by atoms with van der Waals surface area (Å²) in [6, 6.07) is 3.22. The van der Waals surface area contributed by atoms with Gasteiger partial charge in [0.15, 0.2) is 0 Å². The quantitative estimate of drug-likeness (QED) is 0.317. The fourth-order valence-electron chi connectivity index (χ4n) is 2.16. The van der Waals surface area contributed by atoms with Crippen molar-refractivity contribution in [1.82, 2.24) is 14.9 Å². The minimum absolute atomic E-state index is 0.0388. The van der Waals surface area contributed by atoms with Gasteiger partial charge in [0, 0.05) is 17.6 Å². The van der Waals surface area contributed by atoms with Crippen molar-refractivity contribution in [2.24, 2.45) is 0 Å². The summed E-state index contributed by atoms with van der Waals surface area (Å²) in [5, 5.41) is 8.65. The van der Waals surface area contributed by atoms with Crippen molar-refractivity contribution in [3.05, 3.63) is 58.1 Å². The molecule has 4 N–H and O–H groups in total. The Bertz CT molecular complexity index is 1180. The second kappa shape index (κ2) is 9.51. The summed E-state index contributed by atoms with van der Waals surface area (Å²) in [5.74, 6) is -3.85. The second-order valence-electron chi connectivity index (χ2n) is 5.65. The van der Waals surface area contributed by atoms with Gasteiger partial charge < -0.3 is 0 Å². The van der Waals surface area contributed by atoms with Gasteiger partial charge in [0.1, 0.15) is 27.5 Å². The van der Waals surface area contributed by atoms with E-state index < -0.39 is 60.0 Å². The molecule has 0 fully saturated rings. The minimum atomic E-state index is -4.75. The number of hydrogen-bond donors (Lipinski definition) is 4. The molecule has 164 valence electrons. The summed E-state index contributed by atoms with van der Waals surface area (Å²) in [6.45, 7) is -0.903. The predicted molar refractivity (Wildman–Crippen MR) is 102 cm³/mol. The van der Waals surface area contributed by atoms with Crippen LogP contribution in [0.3, 0.4) is 0 Å². The predicted octanol–water partition coefficient (Wildman–Crippen LogP) is 1.40. The lowest BCUT2D eigenvalue weighted by atomic mass is 10.3. The molecule has 1 atom stereocenters. The number of carbonyl (C=O) groups is 1. The van der Waals surface area contributed by atoms with Crippen molar-refractivity contribution in [3.63, 3.8) is 0 Å². The van der Waals surface area contributed by atoms with Crippen LogP contribution >= 0.6 is 23.2 Å². The molecule has 2 aromatic carbocycles. The van der Waals surface area contributed by atoms with E-state index in [1.54, 1.807) is 4.72 Å². The molecule has 0 aromatic heterocycles. The Morgan fingerprint density at radius 3 is 2.27 bits per heavy atom. The number of nitrogens with one attached hydrogen (secondary N) is 3. The Morgan fingerprint density at radius 2 is 1.67 bits per heavy atom. The monoisotopic (exact) mass is 503 g/mol. The van der Waals surface area contributed by atoms with E-state index in [4.69, 9.17) is 28.4 Å². The number of benzene rings is 2. The number of halogens is 4. The molecule has 0 saturated carbocycles. The fraction of sp³-hybridized carbons (Fsp3) is 0.133. The standard InChI is InChI=1S/C15H13Cl2F2N3O6S2/c16-8-1-3-10(17)14(5-8)29(25,26)20-7-12(15(23)21-24)22-30(27,28)13-4-2-9(18)6-11(13)19/h1-6,12,20,22,24H,7H2,(H,21,23). The first-order valence-corrected chi connectivity index (χ1v) is 11.5. The van der Waals surface area contributed by atoms with Gasteiger partial charge in [0.05, 0.1) is 5.02 Å². The summed E-state index contributed by atoms with van der Waals surface area (Å²) >= 11 is 11.6. The van der Waals surface area contributed by atoms with Crippen LogP contribution in [-0.2, 0) is 24.8 Å². The maximum atomic E-state index is 13.8. The van der Waals surface area contributed by atoms with Gasteiger partial charge >= 0.3 is 0 Å². The third kappa shape index (κ3) is 5.85. The molecular weight excluding hydrogens is 491 g/mol. The van der Waals surface area contributed by atoms with E-state index in [2.05, 4.69) is 0 Å². The molecule has 0 bridgehead atoms. The molecule has 0 aliphatic rings. The van der Waals surface area contributed by atoms with Gasteiger partial charge in [-0.1, -0.05) is 23.2 Å². The zero-order valence-corrected chi connectivity index (χ0v) is 17.7. The third-order valence-corrected chi connectivity index (χ3v) is 7.21. The van der Waals surface area contributed by atoms with E-state index in [1.807, 2.05) is 4.72 Å². The number of rotatable bonds is 8. The molecule has 0 saturated heterocycles. The van der Waals surface area contributed by atoms with Gasteiger partial charge in [-0.05, 0) is 30.3 Å². The number of carbonyl (C=O) groups excluding carboxylic acids is 1. The average molecular weight is 504 g/mol. The van der Waals surface area contributed by atoms with Crippen molar-refractivity contribution in [2.45, 2.75) is 15.8 Å². The maximum Gasteiger partial charge on any atom is 0.262 e. The fourth-order valence-corrected chi connectivity index (χ4v) is 5.23. The largest absolute Gasteiger partial charge is 0.289 e. The van der Waals surface area contributed by atoms with E-state index in [-0.39, 0.29) is 10.0 Å². The topological polar surface area (TPSA) is 142 Å². The first-order valence-electron chi connectivity index (χ1n) is 7.73. The highest BCUT2D eigenvalue weighted by atomic mass is 35.5. The smallest absolute Gasteiger partial charge is 0.262 e. The third-order valence-electron chi connectivity index (χ3n) is 3.57. The van der Waals surface area contributed by atoms with Crippen LogP contribution in [0.4, 0.5) is 8.78 Å². The molecule has 15 heteroatoms. The molecule has 2 aromatic rings. The summed E-state index contributed by atoms with van der Waals surface area (Å²) in [6.07, 6.45) is 0. The van der Waals surface area contributed by atoms with Gasteiger partial charge in [-0.2, -0.15) is 4.72 Å². The van der Waals surface area contributed by atoms with Crippen LogP contribution in [0.15, 0.2) is 46.2 Å². The maximum absolute atomic E-state index is 13.8. The number of hydroxylamine groups is 1. The Morgan fingerprint density at radius 1 is 1.00 bits per heavy atom. The highest BCUT2D eigenvalue weighted by Crippen LogP contribution is 2.24. The molecule has 1 unspecified atom stereocenters. The van der Waals surface area contributed by atoms with Crippen molar-refractivity contribution in [2.75, 3.05) is 6.54 Å². The van der Waals surface area contributed by atoms with Crippen molar-refractivity contribution in [3.8, 4) is 0 Å². The molecule has 0 aliphatic carbocycles. The average Bonchev–Trinajstić information content (AvgIpc) is 2.65. The summed E-state index contributed by atoms with van der Waals surface area (Å²) in [4.78, 5) is 10.4. The molecule has 0 heterocycles. The van der Waals surface area contributed by atoms with Gasteiger partial charge in [-0.25, -0.2) is 35.8 Å². The van der Waals surface area contributed by atoms with Crippen LogP contribution < -0.4 is 14.9 Å². The van der Waals surface area contributed by atoms with E-state index >= 15 is 0 Å². The zero-order valence-electron chi connectivity index (χ0n) is 14.6. The Labute approximate surface area is 180 Å². The number of amides is 1. The van der Waals surface area contributed by atoms with E-state index in [9.17, 15) is 30.4 Å². The van der Waals surface area contributed by atoms with Crippen LogP contribution in [-0.4, -0.2) is 40.5 Å². The van der Waals surface area contributed by atoms with Gasteiger partial charge in [0.25, 0.3) is 5.91 Å². The van der Waals surface area contributed by atoms with Gasteiger partial charge in [0.2, 0.25) is 20.0 Å². The van der Waals surface area contributed by atoms with E-state index in [1.165, 1.54) is 12.1 Å². The number of hydrogen-bond acceptors (Lipinski definition) is 6. The van der Waals surface area contributed by atoms with Crippen molar-refractivity contribution < 1.29 is 35.6 Å². The lowest BCUT2D eigenvalue weighted by molar-refractivity contribution is -0.130. The van der Waals surface area contributed by atoms with Crippen LogP contribution in [0.2, 0.25) is 10.0 Å². The van der Waals surface area contributed by atoms with E-state index in [0.29, 0.717) is 18.2 Å². The molecule has 0 spiro atoms. The summed E-state index contributed by atoms with van der Waals surface area (Å²) in [5.41, 5.74) is 1.16. The number of sulfonamides is 2. The SMILES string of the molecule is O=C(NO)C(CNS(=O)(=O)c1cc(Cl)ccc1Cl)NS(=O)(=O)c1ccc(F)cc1F. The molecule has 0 radical (unpaired) electrons. The second-order valence-corrected chi connectivity index (χ2v) is 9.91. The van der Waals surface area contributed by atoms with Crippen LogP contribution in [0.1, 0.15) is 0 Å². The normalized spacial score (nSPS) is 13.1. The molecule has 30 heavy (non-hydrogen) atoms. The van der Waals surface area contributed by atoms with Gasteiger partial charge in [-0.15, -0.1) is 0 Å². The molecule has 9 nitrogen and oxygen atoms in total. The van der Waals surface area contributed by atoms with Crippen molar-refractivity contribution >= 4 is 49.2 Å². The van der Waals surface area contributed by atoms with Crippen LogP contribution in [0.25, 0.3) is 0 Å². The summed E-state index contributed by atoms with van der Waals surface area (Å²) < 4.78 is 80.0. The Hall–Kier alpha value is -1.87. The summed E-state index contributed by atoms with van der Waals surface area (Å²) in [7, 11) is -9.13. The lowest BCUT2D eigenvalue weighted by Gasteiger charge is -2.18. The molecular formula is C15H13Cl2F2N3O6S2. The lowest BCUT2D eigenvalue weighted by Crippen LogP contribution is -2.52. The highest BCUT2D eigenvalue weighted by Gasteiger charge is 2.30. The van der Waals surface area contributed by atoms with Gasteiger partial charge in [-0.3, -0.25) is 10.0 Å². The van der Waals surface area contributed by atoms with Crippen LogP contribution in [0, 0.1) is 11.6 Å². The highest BCUT2D eigenvalue weighted by molar-refractivity contribution is 7.90. The first-order chi connectivity index (χ1) is 13.9. The molecule has 1 amide bonds. The van der Waals surface area contributed by atoms with Crippen LogP contribution in [0.5, 0.6) is 0 Å². The molecule has 0 aliphatic heterocycles. The van der Waals surface area contributed by atoms with Crippen molar-refractivity contribution in [1.29, 1.82) is 0 Å². The Kier molecular flexibility index (Phi) is 7.74. The molecule has 2 rings (SSSR count). The first kappa shape index (κ1) is 24.4. The zero-order chi connectivity index (χ0) is 22.7. The van der Waals surface area contributed by atoms with E-state index in [0.717, 1.165) is 11.5 Å². The minimum Gasteiger partial charge on any atom is -0.289 e. The Balaban J connectivity index is 2.28.